The van der Waals surface area contributed by atoms with Gasteiger partial charge in [-0.05, 0) is 6.07 Å². The van der Waals surface area contributed by atoms with Crippen LogP contribution in [0, 0.1) is 0 Å². The minimum atomic E-state index is -5.16. The highest BCUT2D eigenvalue weighted by Gasteiger charge is 2.42. The van der Waals surface area contributed by atoms with E-state index >= 15 is 0 Å². The summed E-state index contributed by atoms with van der Waals surface area (Å²) in [6.07, 6.45) is -4.07. The molecule has 0 saturated carbocycles. The van der Waals surface area contributed by atoms with E-state index in [2.05, 4.69) is 14.7 Å². The number of aliphatic imine (C=N–C) groups is 2. The van der Waals surface area contributed by atoms with Crippen LogP contribution in [0.15, 0.2) is 40.3 Å². The summed E-state index contributed by atoms with van der Waals surface area (Å²) >= 11 is 0. The molecule has 21 heavy (non-hydrogen) atoms. The van der Waals surface area contributed by atoms with Gasteiger partial charge in [0, 0.05) is 17.2 Å². The Hall–Kier alpha value is -2.77. The zero-order valence-corrected chi connectivity index (χ0v) is 10.1. The van der Waals surface area contributed by atoms with E-state index in [0.717, 1.165) is 6.08 Å². The smallest absolute Gasteiger partial charge is 0.401 e. The predicted molar refractivity (Wildman–Crippen MR) is 66.1 cm³/mol. The van der Waals surface area contributed by atoms with Crippen molar-refractivity contribution in [1.82, 2.24) is 0 Å². The highest BCUT2D eigenvalue weighted by atomic mass is 19.4. The molecule has 0 aromatic heterocycles. The van der Waals surface area contributed by atoms with Crippen LogP contribution in [0.2, 0.25) is 0 Å². The molecule has 2 aliphatic rings. The van der Waals surface area contributed by atoms with Gasteiger partial charge in [0.1, 0.15) is 5.71 Å². The summed E-state index contributed by atoms with van der Waals surface area (Å²) in [5.74, 6) is -3.99. The van der Waals surface area contributed by atoms with Crippen LogP contribution in [-0.2, 0) is 14.3 Å². The number of rotatable bonds is 0. The number of carbonyl (C=O) groups is 2. The first-order chi connectivity index (χ1) is 9.86. The Kier molecular flexibility index (Phi) is 2.75. The highest BCUT2D eigenvalue weighted by Crippen LogP contribution is 2.36. The Morgan fingerprint density at radius 2 is 1.86 bits per heavy atom. The molecular formula is C13H5F3N2O3. The Morgan fingerprint density at radius 1 is 1.14 bits per heavy atom. The lowest BCUT2D eigenvalue weighted by molar-refractivity contribution is -0.191. The maximum Gasteiger partial charge on any atom is 0.491 e. The van der Waals surface area contributed by atoms with E-state index in [1.54, 1.807) is 24.3 Å². The molecule has 2 aliphatic heterocycles. The lowest BCUT2D eigenvalue weighted by atomic mass is 10.0. The highest BCUT2D eigenvalue weighted by molar-refractivity contribution is 6.61. The first kappa shape index (κ1) is 13.2. The van der Waals surface area contributed by atoms with Crippen LogP contribution in [-0.4, -0.2) is 29.7 Å². The molecule has 1 amide bonds. The molecule has 0 saturated heterocycles. The number of nitrogens with zero attached hydrogens (tertiary/aromatic N) is 2. The van der Waals surface area contributed by atoms with Crippen LogP contribution in [0.1, 0.15) is 5.56 Å². The number of para-hydroxylation sites is 1. The minimum Gasteiger partial charge on any atom is -0.401 e. The van der Waals surface area contributed by atoms with E-state index in [-0.39, 0.29) is 11.3 Å². The Labute approximate surface area is 115 Å². The zero-order chi connectivity index (χ0) is 15.2. The van der Waals surface area contributed by atoms with Crippen molar-refractivity contribution in [3.05, 3.63) is 35.9 Å². The fourth-order valence-electron chi connectivity index (χ4n) is 1.93. The van der Waals surface area contributed by atoms with E-state index in [0.29, 0.717) is 11.3 Å². The number of esters is 1. The van der Waals surface area contributed by atoms with Gasteiger partial charge >= 0.3 is 12.1 Å². The summed E-state index contributed by atoms with van der Waals surface area (Å²) in [4.78, 5) is 29.9. The van der Waals surface area contributed by atoms with Crippen LogP contribution < -0.4 is 0 Å². The van der Waals surface area contributed by atoms with Crippen LogP contribution in [0.4, 0.5) is 18.9 Å². The molecule has 0 bridgehead atoms. The summed E-state index contributed by atoms with van der Waals surface area (Å²) < 4.78 is 40.5. The number of dihydropyridines is 1. The van der Waals surface area contributed by atoms with Gasteiger partial charge in [0.25, 0.3) is 5.91 Å². The zero-order valence-electron chi connectivity index (χ0n) is 10.1. The fourth-order valence-corrected chi connectivity index (χ4v) is 1.93. The van der Waals surface area contributed by atoms with Crippen LogP contribution >= 0.6 is 0 Å². The molecule has 1 aromatic rings. The van der Waals surface area contributed by atoms with Crippen molar-refractivity contribution in [3.63, 3.8) is 0 Å². The van der Waals surface area contributed by atoms with Crippen molar-refractivity contribution in [2.75, 3.05) is 0 Å². The number of fused-ring (bicyclic) bond motifs is 3. The van der Waals surface area contributed by atoms with E-state index < -0.39 is 24.0 Å². The topological polar surface area (TPSA) is 68.1 Å². The molecular weight excluding hydrogens is 289 g/mol. The Bertz CT molecular complexity index is 760. The van der Waals surface area contributed by atoms with E-state index in [1.807, 2.05) is 0 Å². The van der Waals surface area contributed by atoms with Gasteiger partial charge in [-0.25, -0.2) is 9.79 Å². The summed E-state index contributed by atoms with van der Waals surface area (Å²) in [5, 5.41) is 0. The average molecular weight is 294 g/mol. The Balaban J connectivity index is 1.96. The summed E-state index contributed by atoms with van der Waals surface area (Å²) in [6.45, 7) is 0. The average Bonchev–Trinajstić information content (AvgIpc) is 2.77. The number of halogens is 3. The molecule has 1 aromatic carbocycles. The molecule has 0 fully saturated rings. The van der Waals surface area contributed by atoms with Crippen molar-refractivity contribution in [3.8, 4) is 0 Å². The number of amides is 1. The van der Waals surface area contributed by atoms with E-state index in [4.69, 9.17) is 0 Å². The van der Waals surface area contributed by atoms with Crippen molar-refractivity contribution < 1.29 is 27.5 Å². The lowest BCUT2D eigenvalue weighted by Gasteiger charge is -2.11. The maximum absolute atomic E-state index is 12.1. The third-order valence-corrected chi connectivity index (χ3v) is 2.79. The third kappa shape index (κ3) is 2.24. The molecule has 0 N–H and O–H groups in total. The first-order valence-corrected chi connectivity index (χ1v) is 5.68. The van der Waals surface area contributed by atoms with Crippen molar-refractivity contribution in [2.45, 2.75) is 6.18 Å². The quantitative estimate of drug-likeness (QED) is 0.689. The summed E-state index contributed by atoms with van der Waals surface area (Å²) in [5.41, 5.74) is 1.38. The van der Waals surface area contributed by atoms with Crippen molar-refractivity contribution in [2.24, 2.45) is 9.98 Å². The molecule has 5 nitrogen and oxygen atoms in total. The number of carbonyl (C=O) groups excluding carboxylic acids is 2. The Morgan fingerprint density at radius 3 is 2.57 bits per heavy atom. The van der Waals surface area contributed by atoms with Crippen LogP contribution in [0.25, 0.3) is 5.57 Å². The predicted octanol–water partition coefficient (Wildman–Crippen LogP) is 2.20. The van der Waals surface area contributed by atoms with E-state index in [9.17, 15) is 22.8 Å². The number of benzene rings is 1. The first-order valence-electron chi connectivity index (χ1n) is 5.68. The monoisotopic (exact) mass is 294 g/mol. The molecule has 8 heteroatoms. The lowest BCUT2D eigenvalue weighted by Crippen LogP contribution is -2.29. The van der Waals surface area contributed by atoms with Gasteiger partial charge < -0.3 is 4.74 Å². The van der Waals surface area contributed by atoms with Gasteiger partial charge in [-0.3, -0.25) is 4.79 Å². The van der Waals surface area contributed by atoms with Crippen LogP contribution in [0.3, 0.4) is 0 Å². The molecule has 0 spiro atoms. The van der Waals surface area contributed by atoms with E-state index in [1.165, 1.54) is 0 Å². The molecule has 0 aliphatic carbocycles. The SMILES string of the molecule is O=C1N=C(OC(=O)C(F)(F)F)C=C2C1=Nc1ccccc12. The molecule has 0 radical (unpaired) electrons. The van der Waals surface area contributed by atoms with Crippen LogP contribution in [0.5, 0.6) is 0 Å². The van der Waals surface area contributed by atoms with Gasteiger partial charge in [-0.15, -0.1) is 0 Å². The molecule has 2 heterocycles. The van der Waals surface area contributed by atoms with Crippen molar-refractivity contribution in [1.29, 1.82) is 0 Å². The fraction of sp³-hybridized carbons (Fsp3) is 0.0769. The van der Waals surface area contributed by atoms with Gasteiger partial charge in [0.05, 0.1) is 5.69 Å². The summed E-state index contributed by atoms with van der Waals surface area (Å²) in [7, 11) is 0. The molecule has 106 valence electrons. The normalized spacial score (nSPS) is 16.5. The summed E-state index contributed by atoms with van der Waals surface area (Å²) in [6, 6.07) is 6.70. The van der Waals surface area contributed by atoms with Gasteiger partial charge in [0.2, 0.25) is 5.90 Å². The number of hydrogen-bond acceptors (Lipinski definition) is 4. The van der Waals surface area contributed by atoms with Gasteiger partial charge in [-0.2, -0.15) is 18.2 Å². The second-order valence-electron chi connectivity index (χ2n) is 4.18. The largest absolute Gasteiger partial charge is 0.491 e. The second kappa shape index (κ2) is 4.37. The molecule has 0 unspecified atom stereocenters. The standard InChI is InChI=1S/C13H5F3N2O3/c14-13(15,16)12(20)21-9-5-7-6-3-1-2-4-8(6)17-10(7)11(19)18-9/h1-5H. The number of alkyl halides is 3. The number of ether oxygens (including phenoxy) is 1. The number of hydrogen-bond donors (Lipinski definition) is 0. The minimum absolute atomic E-state index is 0.0167. The van der Waals surface area contributed by atoms with Gasteiger partial charge in [0.15, 0.2) is 0 Å². The second-order valence-corrected chi connectivity index (χ2v) is 4.18. The van der Waals surface area contributed by atoms with Crippen molar-refractivity contribution >= 4 is 34.7 Å². The third-order valence-electron chi connectivity index (χ3n) is 2.79. The molecule has 3 rings (SSSR count). The maximum atomic E-state index is 12.1. The molecule has 0 atom stereocenters. The van der Waals surface area contributed by atoms with Gasteiger partial charge in [-0.1, -0.05) is 18.2 Å².